The minimum Gasteiger partial charge on any atom is -0.370 e. The zero-order valence-corrected chi connectivity index (χ0v) is 15.6. The molecule has 1 aromatic rings. The molecular formula is C19H28N4OS. The van der Waals surface area contributed by atoms with Crippen molar-refractivity contribution in [3.8, 4) is 0 Å². The van der Waals surface area contributed by atoms with Gasteiger partial charge in [0.05, 0.1) is 0 Å². The van der Waals surface area contributed by atoms with Crippen LogP contribution in [-0.4, -0.2) is 65.9 Å². The van der Waals surface area contributed by atoms with Gasteiger partial charge in [0.15, 0.2) is 5.96 Å². The molecule has 5 nitrogen and oxygen atoms in total. The average molecular weight is 361 g/mol. The lowest BCUT2D eigenvalue weighted by molar-refractivity contribution is -0.130. The summed E-state index contributed by atoms with van der Waals surface area (Å²) in [5.74, 6) is 3.46. The fourth-order valence-corrected chi connectivity index (χ4v) is 4.38. The first kappa shape index (κ1) is 18.1. The molecule has 1 amide bonds. The lowest BCUT2D eigenvalue weighted by atomic mass is 9.90. The number of nitrogens with two attached hydrogens (primary N) is 1. The molecule has 1 aromatic carbocycles. The van der Waals surface area contributed by atoms with Crippen LogP contribution in [0.5, 0.6) is 0 Å². The van der Waals surface area contributed by atoms with Crippen LogP contribution in [-0.2, 0) is 11.2 Å². The zero-order valence-electron chi connectivity index (χ0n) is 14.8. The summed E-state index contributed by atoms with van der Waals surface area (Å²) in [6, 6.07) is 10.6. The van der Waals surface area contributed by atoms with Crippen LogP contribution < -0.4 is 5.73 Å². The van der Waals surface area contributed by atoms with Gasteiger partial charge in [0.1, 0.15) is 6.54 Å². The Morgan fingerprint density at radius 3 is 2.44 bits per heavy atom. The third-order valence-electron chi connectivity index (χ3n) is 5.05. The maximum Gasteiger partial charge on any atom is 0.244 e. The van der Waals surface area contributed by atoms with Crippen LogP contribution in [0.4, 0.5) is 0 Å². The van der Waals surface area contributed by atoms with Crippen molar-refractivity contribution < 1.29 is 4.79 Å². The van der Waals surface area contributed by atoms with Gasteiger partial charge in [-0.1, -0.05) is 30.3 Å². The number of amides is 1. The Bertz CT molecular complexity index is 578. The topological polar surface area (TPSA) is 61.9 Å². The van der Waals surface area contributed by atoms with E-state index in [1.165, 1.54) is 5.56 Å². The lowest BCUT2D eigenvalue weighted by Crippen LogP contribution is -2.44. The van der Waals surface area contributed by atoms with Crippen LogP contribution in [0.3, 0.4) is 0 Å². The molecule has 0 bridgehead atoms. The van der Waals surface area contributed by atoms with Crippen LogP contribution in [0.2, 0.25) is 0 Å². The van der Waals surface area contributed by atoms with Gasteiger partial charge in [0, 0.05) is 37.7 Å². The summed E-state index contributed by atoms with van der Waals surface area (Å²) in [7, 11) is 0. The van der Waals surface area contributed by atoms with Gasteiger partial charge in [-0.15, -0.1) is 0 Å². The highest BCUT2D eigenvalue weighted by atomic mass is 32.2. The fraction of sp³-hybridized carbons (Fsp3) is 0.579. The number of hydrogen-bond donors (Lipinski definition) is 1. The maximum atomic E-state index is 12.4. The van der Waals surface area contributed by atoms with Gasteiger partial charge in [-0.25, -0.2) is 4.99 Å². The summed E-state index contributed by atoms with van der Waals surface area (Å²) in [4.78, 5) is 20.7. The molecular weight excluding hydrogens is 332 g/mol. The van der Waals surface area contributed by atoms with E-state index in [0.29, 0.717) is 11.9 Å². The number of benzene rings is 1. The molecule has 0 aliphatic carbocycles. The predicted molar refractivity (Wildman–Crippen MR) is 105 cm³/mol. The monoisotopic (exact) mass is 360 g/mol. The van der Waals surface area contributed by atoms with Crippen molar-refractivity contribution >= 4 is 23.6 Å². The van der Waals surface area contributed by atoms with Gasteiger partial charge in [0.25, 0.3) is 0 Å². The average Bonchev–Trinajstić information content (AvgIpc) is 2.68. The van der Waals surface area contributed by atoms with E-state index in [1.54, 1.807) is 0 Å². The van der Waals surface area contributed by atoms with Gasteiger partial charge in [-0.2, -0.15) is 11.8 Å². The molecule has 2 N–H and O–H groups in total. The van der Waals surface area contributed by atoms with Crippen LogP contribution in [0.15, 0.2) is 35.3 Å². The molecule has 0 saturated carbocycles. The fourth-order valence-electron chi connectivity index (χ4n) is 3.47. The second-order valence-corrected chi connectivity index (χ2v) is 8.01. The van der Waals surface area contributed by atoms with Gasteiger partial charge in [-0.3, -0.25) is 4.79 Å². The molecule has 2 heterocycles. The summed E-state index contributed by atoms with van der Waals surface area (Å²) in [6.45, 7) is 3.72. The summed E-state index contributed by atoms with van der Waals surface area (Å²) in [6.07, 6.45) is 3.26. The molecule has 0 spiro atoms. The Morgan fingerprint density at radius 2 is 1.76 bits per heavy atom. The number of carbonyl (C=O) groups is 1. The van der Waals surface area contributed by atoms with Crippen molar-refractivity contribution in [2.24, 2.45) is 16.6 Å². The zero-order chi connectivity index (χ0) is 17.5. The number of carbonyl (C=O) groups excluding carboxylic acids is 1. The first-order valence-electron chi connectivity index (χ1n) is 9.16. The van der Waals surface area contributed by atoms with Gasteiger partial charge in [0.2, 0.25) is 5.91 Å². The van der Waals surface area contributed by atoms with Gasteiger partial charge >= 0.3 is 0 Å². The van der Waals surface area contributed by atoms with Gasteiger partial charge in [-0.05, 0) is 30.7 Å². The molecule has 25 heavy (non-hydrogen) atoms. The molecule has 2 fully saturated rings. The number of piperidine rings is 1. The van der Waals surface area contributed by atoms with Crippen LogP contribution >= 0.6 is 11.8 Å². The second kappa shape index (κ2) is 9.13. The van der Waals surface area contributed by atoms with Crippen molar-refractivity contribution in [3.63, 3.8) is 0 Å². The van der Waals surface area contributed by atoms with Crippen molar-refractivity contribution in [1.82, 2.24) is 9.80 Å². The van der Waals surface area contributed by atoms with E-state index in [4.69, 9.17) is 5.73 Å². The largest absolute Gasteiger partial charge is 0.370 e. The quantitative estimate of drug-likeness (QED) is 0.657. The Kier molecular flexibility index (Phi) is 6.62. The number of rotatable bonds is 4. The molecule has 2 aliphatic heterocycles. The molecule has 2 saturated heterocycles. The first-order valence-corrected chi connectivity index (χ1v) is 10.3. The van der Waals surface area contributed by atoms with Crippen LogP contribution in [0, 0.1) is 5.92 Å². The van der Waals surface area contributed by atoms with Crippen molar-refractivity contribution in [1.29, 1.82) is 0 Å². The summed E-state index contributed by atoms with van der Waals surface area (Å²) < 4.78 is 0. The van der Waals surface area contributed by atoms with E-state index in [9.17, 15) is 4.79 Å². The Labute approximate surface area is 154 Å². The van der Waals surface area contributed by atoms with Gasteiger partial charge < -0.3 is 15.5 Å². The standard InChI is InChI=1S/C19H28N4OS/c20-19(23-10-12-25-13-11-23)21-15-18(24)22-8-6-17(7-9-22)14-16-4-2-1-3-5-16/h1-5,17H,6-15H2,(H2,20,21). The number of hydrogen-bond acceptors (Lipinski definition) is 3. The molecule has 0 radical (unpaired) electrons. The minimum absolute atomic E-state index is 0.104. The highest BCUT2D eigenvalue weighted by Crippen LogP contribution is 2.21. The molecule has 0 aromatic heterocycles. The highest BCUT2D eigenvalue weighted by molar-refractivity contribution is 7.99. The Hall–Kier alpha value is -1.69. The SMILES string of the molecule is NC(=NCC(=O)N1CCC(Cc2ccccc2)CC1)N1CCSCC1. The number of guanidine groups is 1. The third-order valence-corrected chi connectivity index (χ3v) is 5.99. The number of thioether (sulfide) groups is 1. The maximum absolute atomic E-state index is 12.4. The molecule has 6 heteroatoms. The van der Waals surface area contributed by atoms with Crippen LogP contribution in [0.1, 0.15) is 18.4 Å². The van der Waals surface area contributed by atoms with Crippen molar-refractivity contribution in [2.45, 2.75) is 19.3 Å². The highest BCUT2D eigenvalue weighted by Gasteiger charge is 2.23. The second-order valence-electron chi connectivity index (χ2n) is 6.79. The normalized spacial score (nSPS) is 19.9. The Morgan fingerprint density at radius 1 is 1.08 bits per heavy atom. The van der Waals surface area contributed by atoms with E-state index in [1.807, 2.05) is 16.7 Å². The predicted octanol–water partition coefficient (Wildman–Crippen LogP) is 1.83. The van der Waals surface area contributed by atoms with E-state index < -0.39 is 0 Å². The van der Waals surface area contributed by atoms with Crippen molar-refractivity contribution in [2.75, 3.05) is 44.2 Å². The van der Waals surface area contributed by atoms with E-state index in [-0.39, 0.29) is 12.5 Å². The number of likely N-dealkylation sites (tertiary alicyclic amines) is 1. The molecule has 0 atom stereocenters. The van der Waals surface area contributed by atoms with E-state index >= 15 is 0 Å². The third kappa shape index (κ3) is 5.39. The van der Waals surface area contributed by atoms with Crippen LogP contribution in [0.25, 0.3) is 0 Å². The number of nitrogens with zero attached hydrogens (tertiary/aromatic N) is 3. The smallest absolute Gasteiger partial charge is 0.244 e. The first-order chi connectivity index (χ1) is 12.2. The van der Waals surface area contributed by atoms with Crippen molar-refractivity contribution in [3.05, 3.63) is 35.9 Å². The molecule has 3 rings (SSSR count). The summed E-state index contributed by atoms with van der Waals surface area (Å²) in [5.41, 5.74) is 7.42. The Balaban J connectivity index is 1.42. The van der Waals surface area contributed by atoms with E-state index in [0.717, 1.165) is 56.9 Å². The molecule has 0 unspecified atom stereocenters. The summed E-state index contributed by atoms with van der Waals surface area (Å²) >= 11 is 1.94. The minimum atomic E-state index is 0.104. The number of aliphatic imine (C=N–C) groups is 1. The lowest BCUT2D eigenvalue weighted by Gasteiger charge is -2.32. The van der Waals surface area contributed by atoms with E-state index in [2.05, 4.69) is 40.2 Å². The summed E-state index contributed by atoms with van der Waals surface area (Å²) in [5, 5.41) is 0. The molecule has 2 aliphatic rings. The molecule has 136 valence electrons.